The molecule has 2 nitrogen and oxygen atoms in total. The van der Waals surface area contributed by atoms with Crippen LogP contribution in [0.2, 0.25) is 0 Å². The van der Waals surface area contributed by atoms with Gasteiger partial charge in [-0.05, 0) is 60.2 Å². The first-order valence-electron chi connectivity index (χ1n) is 10.3. The number of halogens is 2. The first kappa shape index (κ1) is 24.2. The quantitative estimate of drug-likeness (QED) is 0.426. The molecule has 0 unspecified atom stereocenters. The van der Waals surface area contributed by atoms with Crippen LogP contribution in [-0.2, 0) is 13.2 Å². The lowest BCUT2D eigenvalue weighted by Gasteiger charge is -2.34. The van der Waals surface area contributed by atoms with Crippen molar-refractivity contribution in [3.05, 3.63) is 77.6 Å². The zero-order chi connectivity index (χ0) is 21.1. The fourth-order valence-electron chi connectivity index (χ4n) is 4.09. The maximum Gasteiger partial charge on any atom is 0.124 e. The minimum Gasteiger partial charge on any atom is -0.489 e. The van der Waals surface area contributed by atoms with Crippen LogP contribution in [0, 0.1) is 11.2 Å². The van der Waals surface area contributed by atoms with Crippen LogP contribution < -0.4 is 10.1 Å². The molecule has 0 heterocycles. The van der Waals surface area contributed by atoms with Crippen LogP contribution in [-0.4, -0.2) is 5.54 Å². The third-order valence-corrected chi connectivity index (χ3v) is 5.02. The molecule has 0 bridgehead atoms. The van der Waals surface area contributed by atoms with E-state index in [2.05, 4.69) is 70.3 Å². The van der Waals surface area contributed by atoms with Crippen molar-refractivity contribution in [3.8, 4) is 5.75 Å². The summed E-state index contributed by atoms with van der Waals surface area (Å²) in [6, 6.07) is 19.0. The molecule has 162 valence electrons. The molecular formula is C26H33ClFNO. The highest BCUT2D eigenvalue weighted by Gasteiger charge is 2.25. The summed E-state index contributed by atoms with van der Waals surface area (Å²) in [6.45, 7) is 12.5. The van der Waals surface area contributed by atoms with Crippen LogP contribution in [0.1, 0.15) is 52.2 Å². The van der Waals surface area contributed by atoms with E-state index >= 15 is 0 Å². The molecular weight excluding hydrogens is 397 g/mol. The minimum atomic E-state index is -0.231. The van der Waals surface area contributed by atoms with E-state index in [1.54, 1.807) is 12.1 Å². The zero-order valence-corrected chi connectivity index (χ0v) is 19.4. The summed E-state index contributed by atoms with van der Waals surface area (Å²) in [7, 11) is 0. The lowest BCUT2D eigenvalue weighted by molar-refractivity contribution is 0.239. The maximum atomic E-state index is 13.2. The molecule has 0 amide bonds. The SMILES string of the molecule is CC(C)(C)CC(C)(C)NCc1c(OCc2ccc(F)cc2)ccc2ccccc12.Cl. The first-order chi connectivity index (χ1) is 13.6. The second-order valence-corrected chi connectivity index (χ2v) is 9.65. The van der Waals surface area contributed by atoms with Gasteiger partial charge in [-0.2, -0.15) is 0 Å². The monoisotopic (exact) mass is 429 g/mol. The molecule has 0 aliphatic carbocycles. The van der Waals surface area contributed by atoms with Crippen molar-refractivity contribution in [2.75, 3.05) is 0 Å². The van der Waals surface area contributed by atoms with Gasteiger partial charge < -0.3 is 10.1 Å². The Morgan fingerprint density at radius 1 is 0.867 bits per heavy atom. The molecule has 0 radical (unpaired) electrons. The summed E-state index contributed by atoms with van der Waals surface area (Å²) in [6.07, 6.45) is 1.07. The van der Waals surface area contributed by atoms with E-state index in [4.69, 9.17) is 4.74 Å². The van der Waals surface area contributed by atoms with Crippen molar-refractivity contribution in [2.24, 2.45) is 5.41 Å². The van der Waals surface area contributed by atoms with Gasteiger partial charge >= 0.3 is 0 Å². The smallest absolute Gasteiger partial charge is 0.124 e. The van der Waals surface area contributed by atoms with Crippen LogP contribution in [0.25, 0.3) is 10.8 Å². The van der Waals surface area contributed by atoms with E-state index in [0.717, 1.165) is 29.8 Å². The lowest BCUT2D eigenvalue weighted by atomic mass is 9.81. The summed E-state index contributed by atoms with van der Waals surface area (Å²) in [5.41, 5.74) is 2.36. The van der Waals surface area contributed by atoms with Crippen LogP contribution in [0.4, 0.5) is 4.39 Å². The second-order valence-electron chi connectivity index (χ2n) is 9.65. The van der Waals surface area contributed by atoms with E-state index in [1.165, 1.54) is 22.9 Å². The van der Waals surface area contributed by atoms with Crippen molar-refractivity contribution in [1.29, 1.82) is 0 Å². The lowest BCUT2D eigenvalue weighted by Crippen LogP contribution is -2.41. The number of ether oxygens (including phenoxy) is 1. The summed E-state index contributed by atoms with van der Waals surface area (Å²) >= 11 is 0. The summed E-state index contributed by atoms with van der Waals surface area (Å²) < 4.78 is 19.3. The second kappa shape index (κ2) is 9.80. The maximum absolute atomic E-state index is 13.2. The number of fused-ring (bicyclic) bond motifs is 1. The average Bonchev–Trinajstić information content (AvgIpc) is 2.64. The highest BCUT2D eigenvalue weighted by atomic mass is 35.5. The molecule has 0 aliphatic heterocycles. The van der Waals surface area contributed by atoms with Crippen molar-refractivity contribution in [1.82, 2.24) is 5.32 Å². The van der Waals surface area contributed by atoms with Crippen LogP contribution >= 0.6 is 12.4 Å². The van der Waals surface area contributed by atoms with Crippen LogP contribution in [0.5, 0.6) is 5.75 Å². The van der Waals surface area contributed by atoms with Gasteiger partial charge in [0.15, 0.2) is 0 Å². The first-order valence-corrected chi connectivity index (χ1v) is 10.3. The average molecular weight is 430 g/mol. The van der Waals surface area contributed by atoms with E-state index in [1.807, 2.05) is 6.07 Å². The van der Waals surface area contributed by atoms with Crippen molar-refractivity contribution in [3.63, 3.8) is 0 Å². The molecule has 4 heteroatoms. The van der Waals surface area contributed by atoms with Crippen molar-refractivity contribution in [2.45, 2.75) is 59.7 Å². The third kappa shape index (κ3) is 6.72. The van der Waals surface area contributed by atoms with Gasteiger partial charge in [0.2, 0.25) is 0 Å². The molecule has 0 fully saturated rings. The van der Waals surface area contributed by atoms with Crippen LogP contribution in [0.15, 0.2) is 60.7 Å². The molecule has 0 aliphatic rings. The van der Waals surface area contributed by atoms with E-state index in [0.29, 0.717) is 6.61 Å². The fraction of sp³-hybridized carbons (Fsp3) is 0.385. The van der Waals surface area contributed by atoms with Gasteiger partial charge in [-0.3, -0.25) is 0 Å². The predicted molar refractivity (Wildman–Crippen MR) is 127 cm³/mol. The Morgan fingerprint density at radius 3 is 2.20 bits per heavy atom. The highest BCUT2D eigenvalue weighted by molar-refractivity contribution is 5.87. The molecule has 3 rings (SSSR count). The summed E-state index contributed by atoms with van der Waals surface area (Å²) in [4.78, 5) is 0. The Bertz CT molecular complexity index is 961. The number of benzene rings is 3. The number of hydrogen-bond acceptors (Lipinski definition) is 2. The molecule has 0 aromatic heterocycles. The minimum absolute atomic E-state index is 0. The van der Waals surface area contributed by atoms with Gasteiger partial charge in [-0.15, -0.1) is 12.4 Å². The molecule has 30 heavy (non-hydrogen) atoms. The van der Waals surface area contributed by atoms with Gasteiger partial charge in [-0.25, -0.2) is 4.39 Å². The molecule has 0 saturated heterocycles. The topological polar surface area (TPSA) is 21.3 Å². The van der Waals surface area contributed by atoms with Crippen molar-refractivity contribution >= 4 is 23.2 Å². The standard InChI is InChI=1S/C26H32FNO.ClH/c1-25(2,3)18-26(4,5)28-16-23-22-9-7-6-8-20(22)12-15-24(23)29-17-19-10-13-21(27)14-11-19;/h6-15,28H,16-18H2,1-5H3;1H. The number of rotatable bonds is 7. The molecule has 0 atom stereocenters. The normalized spacial score (nSPS) is 11.9. The zero-order valence-electron chi connectivity index (χ0n) is 18.6. The fourth-order valence-corrected chi connectivity index (χ4v) is 4.09. The van der Waals surface area contributed by atoms with Gasteiger partial charge in [0.05, 0.1) is 0 Å². The number of nitrogens with one attached hydrogen (secondary N) is 1. The van der Waals surface area contributed by atoms with Crippen LogP contribution in [0.3, 0.4) is 0 Å². The largest absolute Gasteiger partial charge is 0.489 e. The Morgan fingerprint density at radius 2 is 1.53 bits per heavy atom. The molecule has 1 N–H and O–H groups in total. The molecule has 0 spiro atoms. The van der Waals surface area contributed by atoms with Crippen molar-refractivity contribution < 1.29 is 9.13 Å². The Hall–Kier alpha value is -2.10. The van der Waals surface area contributed by atoms with E-state index < -0.39 is 0 Å². The predicted octanol–water partition coefficient (Wildman–Crippen LogP) is 7.28. The molecule has 3 aromatic rings. The number of hydrogen-bond donors (Lipinski definition) is 1. The van der Waals surface area contributed by atoms with Gasteiger partial charge in [0.1, 0.15) is 18.2 Å². The third-order valence-electron chi connectivity index (χ3n) is 5.02. The Kier molecular flexibility index (Phi) is 7.90. The Balaban J connectivity index is 0.00000320. The molecule has 3 aromatic carbocycles. The summed E-state index contributed by atoms with van der Waals surface area (Å²) in [5, 5.41) is 6.14. The van der Waals surface area contributed by atoms with E-state index in [9.17, 15) is 4.39 Å². The highest BCUT2D eigenvalue weighted by Crippen LogP contribution is 2.31. The van der Waals surface area contributed by atoms with Gasteiger partial charge in [0, 0.05) is 17.6 Å². The molecule has 0 saturated carbocycles. The Labute approximate surface area is 186 Å². The van der Waals surface area contributed by atoms with Gasteiger partial charge in [-0.1, -0.05) is 63.2 Å². The van der Waals surface area contributed by atoms with Gasteiger partial charge in [0.25, 0.3) is 0 Å². The van der Waals surface area contributed by atoms with E-state index in [-0.39, 0.29) is 29.2 Å². The summed E-state index contributed by atoms with van der Waals surface area (Å²) in [5.74, 6) is 0.637.